The number of carbonyl (C=O) groups excluding carboxylic acids is 1. The Labute approximate surface area is 117 Å². The van der Waals surface area contributed by atoms with Gasteiger partial charge in [-0.15, -0.1) is 0 Å². The van der Waals surface area contributed by atoms with E-state index in [-0.39, 0.29) is 18.1 Å². The second-order valence-electron chi connectivity index (χ2n) is 5.37. The van der Waals surface area contributed by atoms with Crippen LogP contribution in [0.5, 0.6) is 0 Å². The van der Waals surface area contributed by atoms with Crippen LogP contribution in [0.2, 0.25) is 0 Å². The summed E-state index contributed by atoms with van der Waals surface area (Å²) in [6.07, 6.45) is -0.613. The van der Waals surface area contributed by atoms with Crippen molar-refractivity contribution < 1.29 is 19.1 Å². The van der Waals surface area contributed by atoms with Crippen molar-refractivity contribution in [2.75, 3.05) is 6.54 Å². The average Bonchev–Trinajstić information content (AvgIpc) is 2.32. The van der Waals surface area contributed by atoms with Crippen LogP contribution in [0.4, 0.5) is 9.18 Å². The van der Waals surface area contributed by atoms with Crippen molar-refractivity contribution in [2.24, 2.45) is 5.16 Å². The fourth-order valence-electron chi connectivity index (χ4n) is 1.49. The van der Waals surface area contributed by atoms with Crippen LogP contribution < -0.4 is 5.32 Å². The van der Waals surface area contributed by atoms with Gasteiger partial charge in [0.2, 0.25) is 0 Å². The van der Waals surface area contributed by atoms with Crippen LogP contribution >= 0.6 is 0 Å². The quantitative estimate of drug-likeness (QED) is 0.509. The lowest BCUT2D eigenvalue weighted by Gasteiger charge is -2.19. The number of nitrogens with zero attached hydrogens (tertiary/aromatic N) is 1. The van der Waals surface area contributed by atoms with Crippen molar-refractivity contribution >= 4 is 11.8 Å². The third-order valence-electron chi connectivity index (χ3n) is 2.41. The molecule has 0 heterocycles. The molecule has 5 nitrogen and oxygen atoms in total. The van der Waals surface area contributed by atoms with E-state index < -0.39 is 11.7 Å². The third kappa shape index (κ3) is 4.87. The predicted molar refractivity (Wildman–Crippen MR) is 73.7 cm³/mol. The molecule has 0 bridgehead atoms. The van der Waals surface area contributed by atoms with Gasteiger partial charge in [-0.25, -0.2) is 9.18 Å². The van der Waals surface area contributed by atoms with Crippen LogP contribution in [0, 0.1) is 12.7 Å². The molecule has 0 aliphatic carbocycles. The van der Waals surface area contributed by atoms with Gasteiger partial charge in [0, 0.05) is 5.56 Å². The molecule has 0 aromatic heterocycles. The summed E-state index contributed by atoms with van der Waals surface area (Å²) in [5.74, 6) is -0.342. The number of nitrogens with one attached hydrogen (secondary N) is 1. The lowest BCUT2D eigenvalue weighted by Crippen LogP contribution is -2.35. The molecular formula is C14H19FN2O3. The maximum atomic E-state index is 13.2. The summed E-state index contributed by atoms with van der Waals surface area (Å²) >= 11 is 0. The first kappa shape index (κ1) is 15.9. The fraction of sp³-hybridized carbons (Fsp3) is 0.429. The molecule has 0 spiro atoms. The summed E-state index contributed by atoms with van der Waals surface area (Å²) in [5, 5.41) is 14.6. The van der Waals surface area contributed by atoms with Gasteiger partial charge in [-0.2, -0.15) is 0 Å². The number of alkyl carbamates (subject to hydrolysis) is 1. The molecular weight excluding hydrogens is 263 g/mol. The molecule has 0 radical (unpaired) electrons. The van der Waals surface area contributed by atoms with Gasteiger partial charge in [-0.3, -0.25) is 0 Å². The summed E-state index contributed by atoms with van der Waals surface area (Å²) in [4.78, 5) is 11.5. The first-order valence-electron chi connectivity index (χ1n) is 6.17. The van der Waals surface area contributed by atoms with Crippen LogP contribution in [0.15, 0.2) is 23.4 Å². The van der Waals surface area contributed by atoms with Gasteiger partial charge >= 0.3 is 6.09 Å². The van der Waals surface area contributed by atoms with E-state index in [4.69, 9.17) is 9.94 Å². The molecule has 0 saturated carbocycles. The summed E-state index contributed by atoms with van der Waals surface area (Å²) in [5.41, 5.74) is 0.579. The van der Waals surface area contributed by atoms with Gasteiger partial charge in [-0.05, 0) is 45.4 Å². The number of carbonyl (C=O) groups is 1. The Morgan fingerprint density at radius 1 is 1.45 bits per heavy atom. The zero-order valence-corrected chi connectivity index (χ0v) is 12.0. The summed E-state index contributed by atoms with van der Waals surface area (Å²) in [6.45, 7) is 6.83. The van der Waals surface area contributed by atoms with Crippen molar-refractivity contribution in [2.45, 2.75) is 33.3 Å². The minimum atomic E-state index is -0.613. The van der Waals surface area contributed by atoms with Crippen LogP contribution in [0.25, 0.3) is 0 Å². The molecule has 1 amide bonds. The highest BCUT2D eigenvalue weighted by atomic mass is 19.1. The normalized spacial score (nSPS) is 12.2. The average molecular weight is 282 g/mol. The molecule has 6 heteroatoms. The zero-order chi connectivity index (χ0) is 15.3. The molecule has 0 aliphatic heterocycles. The first-order valence-corrected chi connectivity index (χ1v) is 6.17. The smallest absolute Gasteiger partial charge is 0.407 e. The van der Waals surface area contributed by atoms with E-state index in [0.717, 1.165) is 0 Å². The van der Waals surface area contributed by atoms with Crippen molar-refractivity contribution in [1.29, 1.82) is 0 Å². The van der Waals surface area contributed by atoms with Crippen LogP contribution in [0.3, 0.4) is 0 Å². The van der Waals surface area contributed by atoms with E-state index in [9.17, 15) is 9.18 Å². The molecule has 0 atom stereocenters. The summed E-state index contributed by atoms with van der Waals surface area (Å²) < 4.78 is 18.2. The Morgan fingerprint density at radius 2 is 2.10 bits per heavy atom. The fourth-order valence-corrected chi connectivity index (χ4v) is 1.49. The Balaban J connectivity index is 2.69. The number of ether oxygens (including phenoxy) is 1. The Hall–Kier alpha value is -2.11. The zero-order valence-electron chi connectivity index (χ0n) is 12.0. The van der Waals surface area contributed by atoms with Crippen molar-refractivity contribution in [3.05, 3.63) is 35.1 Å². The summed E-state index contributed by atoms with van der Waals surface area (Å²) in [7, 11) is 0. The Morgan fingerprint density at radius 3 is 2.60 bits per heavy atom. The van der Waals surface area contributed by atoms with Crippen LogP contribution in [0.1, 0.15) is 31.9 Å². The topological polar surface area (TPSA) is 70.9 Å². The van der Waals surface area contributed by atoms with Crippen molar-refractivity contribution in [1.82, 2.24) is 5.32 Å². The van der Waals surface area contributed by atoms with E-state index in [2.05, 4.69) is 10.5 Å². The van der Waals surface area contributed by atoms with E-state index in [1.54, 1.807) is 33.8 Å². The minimum Gasteiger partial charge on any atom is -0.444 e. The highest BCUT2D eigenvalue weighted by Gasteiger charge is 2.16. The maximum Gasteiger partial charge on any atom is 0.407 e. The second-order valence-corrected chi connectivity index (χ2v) is 5.37. The number of halogens is 1. The van der Waals surface area contributed by atoms with E-state index in [1.165, 1.54) is 12.1 Å². The number of rotatable bonds is 3. The molecule has 1 aromatic carbocycles. The molecule has 1 aromatic rings. The monoisotopic (exact) mass is 282 g/mol. The predicted octanol–water partition coefficient (Wildman–Crippen LogP) is 2.84. The number of amides is 1. The second kappa shape index (κ2) is 6.36. The Bertz CT molecular complexity index is 522. The molecule has 110 valence electrons. The van der Waals surface area contributed by atoms with Crippen LogP contribution in [-0.2, 0) is 4.74 Å². The van der Waals surface area contributed by atoms with Gasteiger partial charge in [0.15, 0.2) is 0 Å². The highest BCUT2D eigenvalue weighted by Crippen LogP contribution is 2.10. The lowest BCUT2D eigenvalue weighted by molar-refractivity contribution is 0.0536. The van der Waals surface area contributed by atoms with Gasteiger partial charge in [0.25, 0.3) is 0 Å². The van der Waals surface area contributed by atoms with Gasteiger partial charge in [0.05, 0.1) is 6.54 Å². The van der Waals surface area contributed by atoms with Gasteiger partial charge in [-0.1, -0.05) is 11.2 Å². The number of benzene rings is 1. The number of hydrogen-bond acceptors (Lipinski definition) is 4. The standard InChI is InChI=1S/C14H19FN2O3/c1-9-7-10(5-6-11(9)15)12(17-19)8-16-13(18)20-14(2,3)4/h5-7,19H,8H2,1-4H3,(H,16,18)/b17-12+. The lowest BCUT2D eigenvalue weighted by atomic mass is 10.1. The van der Waals surface area contributed by atoms with E-state index >= 15 is 0 Å². The molecule has 2 N–H and O–H groups in total. The van der Waals surface area contributed by atoms with Crippen LogP contribution in [-0.4, -0.2) is 29.2 Å². The Kier molecular flexibility index (Phi) is 5.07. The van der Waals surface area contributed by atoms with Crippen molar-refractivity contribution in [3.8, 4) is 0 Å². The number of oxime groups is 1. The summed E-state index contributed by atoms with van der Waals surface area (Å²) in [6, 6.07) is 4.30. The maximum absolute atomic E-state index is 13.2. The molecule has 0 aliphatic rings. The molecule has 1 rings (SSSR count). The largest absolute Gasteiger partial charge is 0.444 e. The first-order chi connectivity index (χ1) is 9.23. The molecule has 20 heavy (non-hydrogen) atoms. The third-order valence-corrected chi connectivity index (χ3v) is 2.41. The SMILES string of the molecule is Cc1cc(/C(CNC(=O)OC(C)(C)C)=N/O)ccc1F. The van der Waals surface area contributed by atoms with Gasteiger partial charge in [0.1, 0.15) is 17.1 Å². The van der Waals surface area contributed by atoms with Gasteiger partial charge < -0.3 is 15.3 Å². The van der Waals surface area contributed by atoms with E-state index in [1.807, 2.05) is 0 Å². The number of aryl methyl sites for hydroxylation is 1. The molecule has 0 unspecified atom stereocenters. The van der Waals surface area contributed by atoms with E-state index in [0.29, 0.717) is 11.1 Å². The minimum absolute atomic E-state index is 0.0174. The van der Waals surface area contributed by atoms with Crippen molar-refractivity contribution in [3.63, 3.8) is 0 Å². The molecule has 0 fully saturated rings. The highest BCUT2D eigenvalue weighted by molar-refractivity contribution is 6.02. The number of hydrogen-bond donors (Lipinski definition) is 2. The molecule has 0 saturated heterocycles.